The van der Waals surface area contributed by atoms with E-state index in [2.05, 4.69) is 0 Å². The van der Waals surface area contributed by atoms with Crippen molar-refractivity contribution in [3.05, 3.63) is 23.8 Å². The van der Waals surface area contributed by atoms with Crippen molar-refractivity contribution >= 4 is 0 Å². The molecule has 0 aliphatic rings. The molecule has 3 heteroatoms. The molecule has 13 heavy (non-hydrogen) atoms. The quantitative estimate of drug-likeness (QED) is 0.767. The van der Waals surface area contributed by atoms with Gasteiger partial charge in [0.05, 0.1) is 18.3 Å². The van der Waals surface area contributed by atoms with Crippen LogP contribution in [-0.4, -0.2) is 25.9 Å². The van der Waals surface area contributed by atoms with Gasteiger partial charge in [0.25, 0.3) is 0 Å². The molecule has 0 aromatic heterocycles. The molecule has 0 aliphatic carbocycles. The second kappa shape index (κ2) is 4.72. The van der Waals surface area contributed by atoms with Crippen molar-refractivity contribution in [1.29, 1.82) is 0 Å². The van der Waals surface area contributed by atoms with Gasteiger partial charge in [-0.1, -0.05) is 6.07 Å². The molecule has 0 aliphatic heterocycles. The number of hydrogen-bond acceptors (Lipinski definition) is 3. The Morgan fingerprint density at radius 1 is 1.38 bits per heavy atom. The first-order valence-electron chi connectivity index (χ1n) is 5.43. The minimum Gasteiger partial charge on any atom is -0.493 e. The van der Waals surface area contributed by atoms with Crippen LogP contribution in [0.1, 0.15) is 9.68 Å². The predicted molar refractivity (Wildman–Crippen MR) is 50.3 cm³/mol. The molecule has 1 N–H and O–H groups in total. The van der Waals surface area contributed by atoms with E-state index in [4.69, 9.17) is 18.7 Å². The molecule has 1 aromatic rings. The van der Waals surface area contributed by atoms with Crippen molar-refractivity contribution in [1.82, 2.24) is 0 Å². The summed E-state index contributed by atoms with van der Waals surface area (Å²) in [5.74, 6) is 0.520. The van der Waals surface area contributed by atoms with Crippen LogP contribution in [0, 0.1) is 0 Å². The molecular weight excluding hydrogens is 168 g/mol. The Morgan fingerprint density at radius 3 is 2.85 bits per heavy atom. The summed E-state index contributed by atoms with van der Waals surface area (Å²) in [5, 5.41) is 8.79. The summed E-state index contributed by atoms with van der Waals surface area (Å²) in [6, 6.07) is 4.93. The Bertz CT molecular complexity index is 350. The largest absolute Gasteiger partial charge is 0.493 e. The molecule has 0 unspecified atom stereocenters. The number of hydrogen-bond donors (Lipinski definition) is 1. The fraction of sp³-hybridized carbons (Fsp3) is 0.400. The normalized spacial score (nSPS) is 14.2. The summed E-state index contributed by atoms with van der Waals surface area (Å²) in [5.41, 5.74) is 0.794. The molecule has 0 amide bonds. The zero-order valence-electron chi connectivity index (χ0n) is 10.4. The molecule has 1 rings (SSSR count). The van der Waals surface area contributed by atoms with Crippen LogP contribution >= 0.6 is 0 Å². The van der Waals surface area contributed by atoms with Crippen molar-refractivity contribution in [2.24, 2.45) is 0 Å². The summed E-state index contributed by atoms with van der Waals surface area (Å²) < 4.78 is 30.8. The van der Waals surface area contributed by atoms with Crippen LogP contribution in [0.4, 0.5) is 0 Å². The Labute approximate surface area is 82.1 Å². The van der Waals surface area contributed by atoms with Crippen LogP contribution < -0.4 is 9.47 Å². The van der Waals surface area contributed by atoms with Gasteiger partial charge in [0.1, 0.15) is 0 Å². The second-order valence-electron chi connectivity index (χ2n) is 2.56. The van der Waals surface area contributed by atoms with E-state index in [-0.39, 0.29) is 12.4 Å². The van der Waals surface area contributed by atoms with E-state index < -0.39 is 7.04 Å². The highest BCUT2D eigenvalue weighted by molar-refractivity contribution is 5.42. The molecule has 0 atom stereocenters. The van der Waals surface area contributed by atoms with Gasteiger partial charge in [0, 0.05) is 6.61 Å². The zero-order valence-corrected chi connectivity index (χ0v) is 7.41. The lowest BCUT2D eigenvalue weighted by atomic mass is 10.1. The van der Waals surface area contributed by atoms with Gasteiger partial charge in [0.2, 0.25) is 0 Å². The van der Waals surface area contributed by atoms with E-state index in [9.17, 15) is 0 Å². The van der Waals surface area contributed by atoms with E-state index in [1.807, 2.05) is 0 Å². The lowest BCUT2D eigenvalue weighted by molar-refractivity contribution is 0.299. The fourth-order valence-corrected chi connectivity index (χ4v) is 1.09. The maximum atomic E-state index is 8.79. The van der Waals surface area contributed by atoms with Gasteiger partial charge in [-0.25, -0.2) is 0 Å². The Kier molecular flexibility index (Phi) is 2.28. The Morgan fingerprint density at radius 2 is 2.23 bits per heavy atom. The highest BCUT2D eigenvalue weighted by Crippen LogP contribution is 2.27. The molecule has 72 valence electrons. The van der Waals surface area contributed by atoms with Crippen molar-refractivity contribution in [3.63, 3.8) is 0 Å². The maximum absolute atomic E-state index is 8.79. The van der Waals surface area contributed by atoms with Crippen LogP contribution in [-0.2, 0) is 6.42 Å². The van der Waals surface area contributed by atoms with Crippen LogP contribution in [0.15, 0.2) is 18.2 Å². The third-order valence-corrected chi connectivity index (χ3v) is 1.74. The number of ether oxygens (including phenoxy) is 2. The van der Waals surface area contributed by atoms with Crippen molar-refractivity contribution < 1.29 is 18.7 Å². The Balaban J connectivity index is 2.97. The van der Waals surface area contributed by atoms with Gasteiger partial charge in [0.15, 0.2) is 11.5 Å². The third-order valence-electron chi connectivity index (χ3n) is 1.74. The summed E-state index contributed by atoms with van der Waals surface area (Å²) in [6.07, 6.45) is 0.446. The van der Waals surface area contributed by atoms with E-state index in [0.717, 1.165) is 5.56 Å². The van der Waals surface area contributed by atoms with Crippen LogP contribution in [0.5, 0.6) is 11.5 Å². The molecule has 0 fully saturated rings. The first-order valence-corrected chi connectivity index (χ1v) is 3.93. The van der Waals surface area contributed by atoms with Gasteiger partial charge >= 0.3 is 0 Å². The predicted octanol–water partition coefficient (Wildman–Crippen LogP) is 1.24. The van der Waals surface area contributed by atoms with Crippen molar-refractivity contribution in [2.75, 3.05) is 20.8 Å². The number of aliphatic hydroxyl groups excluding tert-OH is 1. The van der Waals surface area contributed by atoms with Gasteiger partial charge < -0.3 is 14.6 Å². The first-order chi connectivity index (χ1) is 7.46. The van der Waals surface area contributed by atoms with E-state index in [0.29, 0.717) is 12.2 Å². The van der Waals surface area contributed by atoms with Gasteiger partial charge in [-0.05, 0) is 24.1 Å². The summed E-state index contributed by atoms with van der Waals surface area (Å²) in [4.78, 5) is 0. The second-order valence-corrected chi connectivity index (χ2v) is 2.56. The minimum atomic E-state index is -2.51. The fourth-order valence-electron chi connectivity index (χ4n) is 1.09. The number of rotatable bonds is 4. The lowest BCUT2D eigenvalue weighted by Crippen LogP contribution is -1.94. The molecule has 0 radical (unpaired) electrons. The van der Waals surface area contributed by atoms with Crippen LogP contribution in [0.25, 0.3) is 0 Å². The maximum Gasteiger partial charge on any atom is 0.160 e. The standard InChI is InChI=1S/C10H14O3/c1-12-9-4-3-8(5-6-11)7-10(9)13-2/h3-4,7,11H,5-6H2,1-2H3/i2D3. The molecular formula is C10H14O3. The lowest BCUT2D eigenvalue weighted by Gasteiger charge is -2.08. The smallest absolute Gasteiger partial charge is 0.160 e. The molecule has 0 saturated carbocycles. The van der Waals surface area contributed by atoms with Gasteiger partial charge in [-0.3, -0.25) is 0 Å². The van der Waals surface area contributed by atoms with Crippen LogP contribution in [0.2, 0.25) is 0 Å². The van der Waals surface area contributed by atoms with Crippen molar-refractivity contribution in [3.8, 4) is 11.5 Å². The van der Waals surface area contributed by atoms with Crippen molar-refractivity contribution in [2.45, 2.75) is 6.42 Å². The minimum absolute atomic E-state index is 0.000460. The topological polar surface area (TPSA) is 38.7 Å². The first kappa shape index (κ1) is 6.27. The summed E-state index contributed by atoms with van der Waals surface area (Å²) >= 11 is 0. The van der Waals surface area contributed by atoms with E-state index >= 15 is 0 Å². The van der Waals surface area contributed by atoms with E-state index in [1.54, 1.807) is 18.2 Å². The highest BCUT2D eigenvalue weighted by atomic mass is 16.5. The van der Waals surface area contributed by atoms with E-state index in [1.165, 1.54) is 7.11 Å². The number of benzene rings is 1. The average Bonchev–Trinajstić information content (AvgIpc) is 2.16. The molecule has 0 spiro atoms. The highest BCUT2D eigenvalue weighted by Gasteiger charge is 2.03. The number of methoxy groups -OCH3 is 2. The number of aliphatic hydroxyl groups is 1. The summed E-state index contributed by atoms with van der Waals surface area (Å²) in [6.45, 7) is -0.000460. The SMILES string of the molecule is [2H]C([2H])([2H])Oc1cc(CCO)ccc1OC. The monoisotopic (exact) mass is 185 g/mol. The van der Waals surface area contributed by atoms with Gasteiger partial charge in [-0.2, -0.15) is 0 Å². The Hall–Kier alpha value is -1.22. The molecule has 3 nitrogen and oxygen atoms in total. The average molecular weight is 185 g/mol. The zero-order chi connectivity index (χ0) is 12.2. The third kappa shape index (κ3) is 2.36. The molecule has 0 saturated heterocycles. The van der Waals surface area contributed by atoms with Crippen LogP contribution in [0.3, 0.4) is 0 Å². The summed E-state index contributed by atoms with van der Waals surface area (Å²) in [7, 11) is -1.07. The van der Waals surface area contributed by atoms with Gasteiger partial charge in [-0.15, -0.1) is 0 Å². The molecule has 0 heterocycles. The molecule has 0 bridgehead atoms. The molecule has 1 aromatic carbocycles.